The van der Waals surface area contributed by atoms with E-state index in [9.17, 15) is 0 Å². The van der Waals surface area contributed by atoms with Gasteiger partial charge >= 0.3 is 0 Å². The normalized spacial score (nSPS) is 18.8. The zero-order valence-corrected chi connectivity index (χ0v) is 10.7. The lowest BCUT2D eigenvalue weighted by Crippen LogP contribution is -2.39. The number of hydrogen-bond donors (Lipinski definition) is 1. The summed E-state index contributed by atoms with van der Waals surface area (Å²) in [4.78, 5) is 2.63. The zero-order valence-electron chi connectivity index (χ0n) is 10.7. The Kier molecular flexibility index (Phi) is 5.62. The number of nitrogens with two attached hydrogens (primary N) is 1. The van der Waals surface area contributed by atoms with Crippen LogP contribution in [0.2, 0.25) is 0 Å². The molecular formula is C13H28N2. The Morgan fingerprint density at radius 1 is 1.33 bits per heavy atom. The second-order valence-electron chi connectivity index (χ2n) is 5.38. The quantitative estimate of drug-likeness (QED) is 0.670. The Balaban J connectivity index is 2.33. The Labute approximate surface area is 95.2 Å². The molecule has 0 spiro atoms. The van der Waals surface area contributed by atoms with Gasteiger partial charge in [0.1, 0.15) is 0 Å². The van der Waals surface area contributed by atoms with Gasteiger partial charge in [-0.05, 0) is 51.5 Å². The van der Waals surface area contributed by atoms with Crippen molar-refractivity contribution in [3.05, 3.63) is 0 Å². The van der Waals surface area contributed by atoms with Crippen molar-refractivity contribution < 1.29 is 0 Å². The fourth-order valence-electron chi connectivity index (χ4n) is 2.15. The van der Waals surface area contributed by atoms with Crippen LogP contribution in [0, 0.1) is 11.8 Å². The van der Waals surface area contributed by atoms with Crippen molar-refractivity contribution in [2.45, 2.75) is 52.5 Å². The van der Waals surface area contributed by atoms with Gasteiger partial charge in [-0.1, -0.05) is 13.3 Å². The molecule has 1 rings (SSSR count). The third-order valence-electron chi connectivity index (χ3n) is 3.44. The Morgan fingerprint density at radius 2 is 2.00 bits per heavy atom. The van der Waals surface area contributed by atoms with Crippen LogP contribution in [-0.4, -0.2) is 30.6 Å². The predicted molar refractivity (Wildman–Crippen MR) is 66.9 cm³/mol. The highest BCUT2D eigenvalue weighted by Crippen LogP contribution is 2.30. The van der Waals surface area contributed by atoms with Crippen LogP contribution in [0.25, 0.3) is 0 Å². The van der Waals surface area contributed by atoms with E-state index in [1.54, 1.807) is 0 Å². The first-order valence-corrected chi connectivity index (χ1v) is 6.61. The van der Waals surface area contributed by atoms with E-state index in [2.05, 4.69) is 25.7 Å². The highest BCUT2D eigenvalue weighted by molar-refractivity contribution is 4.80. The minimum absolute atomic E-state index is 0.677. The van der Waals surface area contributed by atoms with Crippen molar-refractivity contribution in [3.8, 4) is 0 Å². The lowest BCUT2D eigenvalue weighted by atomic mass is 10.0. The van der Waals surface area contributed by atoms with Crippen LogP contribution in [0.5, 0.6) is 0 Å². The maximum Gasteiger partial charge on any atom is 0.00388 e. The number of hydrogen-bond acceptors (Lipinski definition) is 2. The van der Waals surface area contributed by atoms with Gasteiger partial charge < -0.3 is 10.6 Å². The Morgan fingerprint density at radius 3 is 2.40 bits per heavy atom. The lowest BCUT2D eigenvalue weighted by Gasteiger charge is -2.30. The minimum atomic E-state index is 0.677. The van der Waals surface area contributed by atoms with Crippen molar-refractivity contribution in [3.63, 3.8) is 0 Å². The second-order valence-corrected chi connectivity index (χ2v) is 5.38. The van der Waals surface area contributed by atoms with E-state index in [1.165, 1.54) is 38.8 Å². The van der Waals surface area contributed by atoms with Gasteiger partial charge in [-0.2, -0.15) is 0 Å². The molecule has 1 atom stereocenters. The SMILES string of the molecule is CCCC(CN)CN(CC1CC1)C(C)C. The molecule has 1 aliphatic rings. The molecule has 2 N–H and O–H groups in total. The molecule has 15 heavy (non-hydrogen) atoms. The van der Waals surface area contributed by atoms with Crippen molar-refractivity contribution in [1.82, 2.24) is 4.90 Å². The average molecular weight is 212 g/mol. The lowest BCUT2D eigenvalue weighted by molar-refractivity contribution is 0.177. The molecule has 0 amide bonds. The van der Waals surface area contributed by atoms with E-state index >= 15 is 0 Å². The van der Waals surface area contributed by atoms with Crippen molar-refractivity contribution in [1.29, 1.82) is 0 Å². The molecule has 0 aromatic heterocycles. The van der Waals surface area contributed by atoms with E-state index in [4.69, 9.17) is 5.73 Å². The van der Waals surface area contributed by atoms with Gasteiger partial charge in [0.25, 0.3) is 0 Å². The highest BCUT2D eigenvalue weighted by Gasteiger charge is 2.26. The third-order valence-corrected chi connectivity index (χ3v) is 3.44. The van der Waals surface area contributed by atoms with Gasteiger partial charge in [0, 0.05) is 19.1 Å². The molecule has 0 aliphatic heterocycles. The van der Waals surface area contributed by atoms with Crippen LogP contribution in [0.4, 0.5) is 0 Å². The smallest absolute Gasteiger partial charge is 0.00388 e. The number of rotatable bonds is 8. The molecule has 0 heterocycles. The van der Waals surface area contributed by atoms with E-state index in [0.717, 1.165) is 12.5 Å². The fourth-order valence-corrected chi connectivity index (χ4v) is 2.15. The zero-order chi connectivity index (χ0) is 11.3. The van der Waals surface area contributed by atoms with Gasteiger partial charge in [0.05, 0.1) is 0 Å². The molecule has 2 nitrogen and oxygen atoms in total. The van der Waals surface area contributed by atoms with Crippen LogP contribution in [0.1, 0.15) is 46.5 Å². The molecule has 1 unspecified atom stereocenters. The van der Waals surface area contributed by atoms with Crippen LogP contribution in [-0.2, 0) is 0 Å². The van der Waals surface area contributed by atoms with E-state index < -0.39 is 0 Å². The van der Waals surface area contributed by atoms with E-state index in [-0.39, 0.29) is 0 Å². The standard InChI is InChI=1S/C13H28N2/c1-4-5-13(8-14)10-15(11(2)3)9-12-6-7-12/h11-13H,4-10,14H2,1-3H3. The summed E-state index contributed by atoms with van der Waals surface area (Å²) in [7, 11) is 0. The maximum absolute atomic E-state index is 5.83. The van der Waals surface area contributed by atoms with Crippen LogP contribution >= 0.6 is 0 Å². The largest absolute Gasteiger partial charge is 0.330 e. The summed E-state index contributed by atoms with van der Waals surface area (Å²) in [5, 5.41) is 0. The summed E-state index contributed by atoms with van der Waals surface area (Å²) in [6, 6.07) is 0.677. The van der Waals surface area contributed by atoms with Crippen LogP contribution in [0.15, 0.2) is 0 Å². The molecule has 0 radical (unpaired) electrons. The molecular weight excluding hydrogens is 184 g/mol. The average Bonchev–Trinajstić information content (AvgIpc) is 2.99. The van der Waals surface area contributed by atoms with Crippen molar-refractivity contribution >= 4 is 0 Å². The first-order valence-electron chi connectivity index (χ1n) is 6.61. The molecule has 0 aromatic rings. The van der Waals surface area contributed by atoms with Crippen molar-refractivity contribution in [2.24, 2.45) is 17.6 Å². The van der Waals surface area contributed by atoms with Crippen molar-refractivity contribution in [2.75, 3.05) is 19.6 Å². The maximum atomic E-state index is 5.83. The van der Waals surface area contributed by atoms with E-state index in [0.29, 0.717) is 12.0 Å². The summed E-state index contributed by atoms with van der Waals surface area (Å²) in [6.07, 6.45) is 5.44. The topological polar surface area (TPSA) is 29.3 Å². The van der Waals surface area contributed by atoms with Crippen LogP contribution in [0.3, 0.4) is 0 Å². The number of nitrogens with zero attached hydrogens (tertiary/aromatic N) is 1. The second kappa shape index (κ2) is 6.49. The Bertz CT molecular complexity index is 164. The highest BCUT2D eigenvalue weighted by atomic mass is 15.2. The summed E-state index contributed by atoms with van der Waals surface area (Å²) in [5.41, 5.74) is 5.83. The van der Waals surface area contributed by atoms with Gasteiger partial charge in [0.2, 0.25) is 0 Å². The Hall–Kier alpha value is -0.0800. The molecule has 2 heteroatoms. The van der Waals surface area contributed by atoms with Gasteiger partial charge in [0.15, 0.2) is 0 Å². The molecule has 0 saturated heterocycles. The summed E-state index contributed by atoms with van der Waals surface area (Å²) >= 11 is 0. The summed E-state index contributed by atoms with van der Waals surface area (Å²) in [5.74, 6) is 1.70. The van der Waals surface area contributed by atoms with Gasteiger partial charge in [-0.15, -0.1) is 0 Å². The molecule has 90 valence electrons. The predicted octanol–water partition coefficient (Wildman–Crippen LogP) is 2.48. The fraction of sp³-hybridized carbons (Fsp3) is 1.00. The molecule has 1 fully saturated rings. The molecule has 1 aliphatic carbocycles. The molecule has 0 aromatic carbocycles. The van der Waals surface area contributed by atoms with Gasteiger partial charge in [-0.25, -0.2) is 0 Å². The minimum Gasteiger partial charge on any atom is -0.330 e. The first-order chi connectivity index (χ1) is 7.17. The summed E-state index contributed by atoms with van der Waals surface area (Å²) in [6.45, 7) is 10.2. The van der Waals surface area contributed by atoms with Gasteiger partial charge in [-0.3, -0.25) is 0 Å². The first kappa shape index (κ1) is 13.0. The third kappa shape index (κ3) is 4.98. The van der Waals surface area contributed by atoms with Crippen LogP contribution < -0.4 is 5.73 Å². The monoisotopic (exact) mass is 212 g/mol. The molecule has 0 bridgehead atoms. The molecule has 1 saturated carbocycles. The van der Waals surface area contributed by atoms with E-state index in [1.807, 2.05) is 0 Å². The summed E-state index contributed by atoms with van der Waals surface area (Å²) < 4.78 is 0.